The number of allylic oxidation sites excluding steroid dienone is 3. The number of ketones is 2. The van der Waals surface area contributed by atoms with Gasteiger partial charge >= 0.3 is 0 Å². The van der Waals surface area contributed by atoms with Crippen LogP contribution in [0.15, 0.2) is 42.7 Å². The highest BCUT2D eigenvalue weighted by Gasteiger charge is 2.67. The van der Waals surface area contributed by atoms with E-state index in [0.29, 0.717) is 17.9 Å². The summed E-state index contributed by atoms with van der Waals surface area (Å²) >= 11 is 0. The first kappa shape index (κ1) is 15.9. The van der Waals surface area contributed by atoms with Crippen LogP contribution < -0.4 is 9.47 Å². The van der Waals surface area contributed by atoms with Crippen LogP contribution in [0.4, 0.5) is 0 Å². The molecule has 3 aliphatic rings. The smallest absolute Gasteiger partial charge is 0.231 e. The lowest BCUT2D eigenvalue weighted by atomic mass is 9.41. The van der Waals surface area contributed by atoms with Crippen LogP contribution in [-0.4, -0.2) is 25.5 Å². The minimum atomic E-state index is -0.720. The SMILES string of the molecule is C=CCC12C(=O)C=C(OC)C(=O)C1C(c1ccc3c(c1)OCO3)[C@H]2C. The number of fused-ring (bicyclic) bond motifs is 2. The molecule has 3 unspecified atom stereocenters. The summed E-state index contributed by atoms with van der Waals surface area (Å²) in [5.41, 5.74) is 0.266. The van der Waals surface area contributed by atoms with Crippen molar-refractivity contribution in [3.8, 4) is 11.5 Å². The van der Waals surface area contributed by atoms with E-state index >= 15 is 0 Å². The Balaban J connectivity index is 1.79. The highest BCUT2D eigenvalue weighted by atomic mass is 16.7. The normalized spacial score (nSPS) is 32.6. The zero-order valence-corrected chi connectivity index (χ0v) is 14.3. The molecule has 4 rings (SSSR count). The molecule has 0 saturated heterocycles. The summed E-state index contributed by atoms with van der Waals surface area (Å²) in [6, 6.07) is 5.74. The predicted octanol–water partition coefficient (Wildman–Crippen LogP) is 3.01. The van der Waals surface area contributed by atoms with Gasteiger partial charge in [0.15, 0.2) is 23.0 Å². The van der Waals surface area contributed by atoms with Gasteiger partial charge in [0.25, 0.3) is 0 Å². The quantitative estimate of drug-likeness (QED) is 0.789. The maximum atomic E-state index is 13.0. The molecule has 1 fully saturated rings. The first-order valence-corrected chi connectivity index (χ1v) is 8.39. The topological polar surface area (TPSA) is 61.8 Å². The summed E-state index contributed by atoms with van der Waals surface area (Å²) in [6.07, 6.45) is 3.57. The van der Waals surface area contributed by atoms with Gasteiger partial charge in [0.2, 0.25) is 12.6 Å². The van der Waals surface area contributed by atoms with Crippen molar-refractivity contribution in [3.63, 3.8) is 0 Å². The van der Waals surface area contributed by atoms with E-state index < -0.39 is 11.3 Å². The monoisotopic (exact) mass is 340 g/mol. The molecule has 1 heterocycles. The summed E-state index contributed by atoms with van der Waals surface area (Å²) in [5, 5.41) is 0. The number of rotatable bonds is 4. The van der Waals surface area contributed by atoms with Crippen molar-refractivity contribution >= 4 is 11.6 Å². The van der Waals surface area contributed by atoms with Gasteiger partial charge < -0.3 is 14.2 Å². The molecule has 0 N–H and O–H groups in total. The molecule has 1 aromatic carbocycles. The number of Topliss-reactive ketones (excluding diaryl/α,β-unsaturated/α-hetero) is 1. The molecule has 1 aromatic rings. The Labute approximate surface area is 146 Å². The van der Waals surface area contributed by atoms with Crippen LogP contribution in [0, 0.1) is 17.3 Å². The van der Waals surface area contributed by atoms with Gasteiger partial charge in [-0.05, 0) is 36.0 Å². The number of hydrogen-bond acceptors (Lipinski definition) is 5. The largest absolute Gasteiger partial charge is 0.493 e. The third kappa shape index (κ3) is 1.95. The van der Waals surface area contributed by atoms with Crippen LogP contribution in [-0.2, 0) is 14.3 Å². The average molecular weight is 340 g/mol. The van der Waals surface area contributed by atoms with E-state index in [2.05, 4.69) is 6.58 Å². The second-order valence-corrected chi connectivity index (χ2v) is 6.88. The number of hydrogen-bond donors (Lipinski definition) is 0. The Morgan fingerprint density at radius 3 is 2.80 bits per heavy atom. The van der Waals surface area contributed by atoms with Crippen molar-refractivity contribution in [3.05, 3.63) is 48.3 Å². The molecule has 0 bridgehead atoms. The number of benzene rings is 1. The summed E-state index contributed by atoms with van der Waals surface area (Å²) in [7, 11) is 1.43. The molecule has 5 heteroatoms. The average Bonchev–Trinajstić information content (AvgIpc) is 3.07. The van der Waals surface area contributed by atoms with Crippen LogP contribution in [0.25, 0.3) is 0 Å². The maximum Gasteiger partial charge on any atom is 0.231 e. The minimum absolute atomic E-state index is 0.0157. The molecule has 25 heavy (non-hydrogen) atoms. The number of carbonyl (C=O) groups is 2. The van der Waals surface area contributed by atoms with Crippen molar-refractivity contribution in [1.29, 1.82) is 0 Å². The van der Waals surface area contributed by atoms with E-state index in [1.54, 1.807) is 6.08 Å². The van der Waals surface area contributed by atoms with Crippen LogP contribution in [0.2, 0.25) is 0 Å². The Morgan fingerprint density at radius 2 is 2.08 bits per heavy atom. The van der Waals surface area contributed by atoms with Crippen molar-refractivity contribution in [2.24, 2.45) is 17.3 Å². The van der Waals surface area contributed by atoms with Gasteiger partial charge in [-0.2, -0.15) is 0 Å². The molecule has 2 aliphatic carbocycles. The van der Waals surface area contributed by atoms with E-state index in [1.165, 1.54) is 13.2 Å². The lowest BCUT2D eigenvalue weighted by Crippen LogP contribution is -2.63. The van der Waals surface area contributed by atoms with Gasteiger partial charge in [0.05, 0.1) is 12.5 Å². The highest BCUT2D eigenvalue weighted by Crippen LogP contribution is 2.65. The molecule has 1 aliphatic heterocycles. The Hall–Kier alpha value is -2.56. The molecule has 130 valence electrons. The van der Waals surface area contributed by atoms with Crippen LogP contribution in [0.5, 0.6) is 11.5 Å². The van der Waals surface area contributed by atoms with Crippen molar-refractivity contribution in [1.82, 2.24) is 0 Å². The maximum absolute atomic E-state index is 13.0. The molecule has 0 aromatic heterocycles. The fraction of sp³-hybridized carbons (Fsp3) is 0.400. The van der Waals surface area contributed by atoms with Crippen LogP contribution in [0.3, 0.4) is 0 Å². The van der Waals surface area contributed by atoms with Gasteiger partial charge in [-0.15, -0.1) is 6.58 Å². The van der Waals surface area contributed by atoms with E-state index in [0.717, 1.165) is 5.56 Å². The third-order valence-electron chi connectivity index (χ3n) is 6.00. The minimum Gasteiger partial charge on any atom is -0.493 e. The number of carbonyl (C=O) groups excluding carboxylic acids is 2. The van der Waals surface area contributed by atoms with Crippen molar-refractivity contribution < 1.29 is 23.8 Å². The first-order valence-electron chi connectivity index (χ1n) is 8.39. The van der Waals surface area contributed by atoms with Gasteiger partial charge in [-0.1, -0.05) is 19.1 Å². The number of ether oxygens (including phenoxy) is 3. The molecule has 4 atom stereocenters. The van der Waals surface area contributed by atoms with E-state index in [1.807, 2.05) is 25.1 Å². The zero-order chi connectivity index (χ0) is 17.8. The Morgan fingerprint density at radius 1 is 1.32 bits per heavy atom. The standard InChI is InChI=1S/C20H20O5/c1-4-7-20-11(2)17(12-5-6-13-14(8-12)25-10-24-13)18(20)19(22)15(23-3)9-16(20)21/h4-6,8-9,11,17-18H,1,7,10H2,2-3H3/t11-,17?,18?,20?/m1/s1. The van der Waals surface area contributed by atoms with Gasteiger partial charge in [0.1, 0.15) is 0 Å². The Bertz CT molecular complexity index is 808. The van der Waals surface area contributed by atoms with E-state index in [4.69, 9.17) is 14.2 Å². The third-order valence-corrected chi connectivity index (χ3v) is 6.00. The summed E-state index contributed by atoms with van der Waals surface area (Å²) < 4.78 is 16.0. The fourth-order valence-electron chi connectivity index (χ4n) is 4.76. The molecule has 0 amide bonds. The molecule has 1 saturated carbocycles. The lowest BCUT2D eigenvalue weighted by molar-refractivity contribution is -0.161. The van der Waals surface area contributed by atoms with Crippen molar-refractivity contribution in [2.75, 3.05) is 13.9 Å². The van der Waals surface area contributed by atoms with Crippen LogP contribution >= 0.6 is 0 Å². The first-order chi connectivity index (χ1) is 12.0. The Kier molecular flexibility index (Phi) is 3.49. The molecular formula is C20H20O5. The van der Waals surface area contributed by atoms with E-state index in [-0.39, 0.29) is 36.0 Å². The fourth-order valence-corrected chi connectivity index (χ4v) is 4.76. The van der Waals surface area contributed by atoms with Gasteiger partial charge in [-0.25, -0.2) is 0 Å². The highest BCUT2D eigenvalue weighted by molar-refractivity contribution is 6.13. The van der Waals surface area contributed by atoms with E-state index in [9.17, 15) is 9.59 Å². The molecule has 5 nitrogen and oxygen atoms in total. The predicted molar refractivity (Wildman–Crippen MR) is 90.3 cm³/mol. The summed E-state index contributed by atoms with van der Waals surface area (Å²) in [5.74, 6) is 0.898. The number of methoxy groups -OCH3 is 1. The van der Waals surface area contributed by atoms with Crippen molar-refractivity contribution in [2.45, 2.75) is 19.3 Å². The molecule has 0 radical (unpaired) electrons. The second-order valence-electron chi connectivity index (χ2n) is 6.88. The van der Waals surface area contributed by atoms with Crippen LogP contribution in [0.1, 0.15) is 24.8 Å². The second kappa shape index (κ2) is 5.48. The zero-order valence-electron chi connectivity index (χ0n) is 14.3. The molecule has 0 spiro atoms. The van der Waals surface area contributed by atoms with Gasteiger partial charge in [-0.3, -0.25) is 9.59 Å². The summed E-state index contributed by atoms with van der Waals surface area (Å²) in [6.45, 7) is 6.03. The summed E-state index contributed by atoms with van der Waals surface area (Å²) in [4.78, 5) is 25.8. The van der Waals surface area contributed by atoms with Gasteiger partial charge in [0, 0.05) is 12.0 Å². The molecular weight excluding hydrogens is 320 g/mol. The lowest BCUT2D eigenvalue weighted by Gasteiger charge is -2.59.